The maximum atomic E-state index is 11.8. The summed E-state index contributed by atoms with van der Waals surface area (Å²) in [5.41, 5.74) is 1.58. The Morgan fingerprint density at radius 2 is 1.75 bits per heavy atom. The van der Waals surface area contributed by atoms with Crippen LogP contribution in [0.3, 0.4) is 0 Å². The topological polar surface area (TPSA) is 37.3 Å². The van der Waals surface area contributed by atoms with Crippen molar-refractivity contribution in [3.8, 4) is 0 Å². The number of carboxylic acid groups (broad SMARTS) is 1. The number of carbonyl (C=O) groups is 1. The van der Waals surface area contributed by atoms with E-state index in [1.165, 1.54) is 25.7 Å². The van der Waals surface area contributed by atoms with Crippen LogP contribution in [0.2, 0.25) is 0 Å². The molecule has 0 spiro atoms. The minimum Gasteiger partial charge on any atom is -0.481 e. The summed E-state index contributed by atoms with van der Waals surface area (Å²) in [4.78, 5) is 11.8. The lowest BCUT2D eigenvalue weighted by Gasteiger charge is -2.28. The van der Waals surface area contributed by atoms with Crippen LogP contribution in [0.25, 0.3) is 5.57 Å². The van der Waals surface area contributed by atoms with Crippen LogP contribution in [0, 0.1) is 5.41 Å². The third-order valence-corrected chi connectivity index (χ3v) is 4.78. The van der Waals surface area contributed by atoms with Crippen LogP contribution in [-0.4, -0.2) is 11.1 Å². The minimum atomic E-state index is -0.705. The zero-order chi connectivity index (χ0) is 16.5. The molecule has 132 valence electrons. The zero-order valence-electron chi connectivity index (χ0n) is 14.5. The van der Waals surface area contributed by atoms with Gasteiger partial charge in [-0.1, -0.05) is 94.0 Å². The Labute approximate surface area is 152 Å². The molecule has 1 aromatic carbocycles. The SMILES string of the molecule is CCCCCCCCC1(C(=O)O)C=CC(c2ccccc2)=CC1.Cl. The van der Waals surface area contributed by atoms with Crippen molar-refractivity contribution < 1.29 is 9.90 Å². The van der Waals surface area contributed by atoms with E-state index in [9.17, 15) is 9.90 Å². The minimum absolute atomic E-state index is 0. The van der Waals surface area contributed by atoms with E-state index in [0.29, 0.717) is 6.42 Å². The van der Waals surface area contributed by atoms with Gasteiger partial charge in [0.05, 0.1) is 5.41 Å². The van der Waals surface area contributed by atoms with Gasteiger partial charge in [-0.2, -0.15) is 0 Å². The van der Waals surface area contributed by atoms with Crippen LogP contribution in [0.5, 0.6) is 0 Å². The van der Waals surface area contributed by atoms with Gasteiger partial charge in [0.15, 0.2) is 0 Å². The summed E-state index contributed by atoms with van der Waals surface area (Å²) in [6, 6.07) is 10.2. The van der Waals surface area contributed by atoms with Crippen molar-refractivity contribution in [3.63, 3.8) is 0 Å². The maximum absolute atomic E-state index is 11.8. The van der Waals surface area contributed by atoms with Crippen LogP contribution >= 0.6 is 12.4 Å². The van der Waals surface area contributed by atoms with Gasteiger partial charge in [-0.3, -0.25) is 4.79 Å². The van der Waals surface area contributed by atoms with E-state index in [2.05, 4.69) is 25.1 Å². The van der Waals surface area contributed by atoms with Gasteiger partial charge in [-0.05, 0) is 24.0 Å². The number of carboxylic acids is 1. The summed E-state index contributed by atoms with van der Waals surface area (Å²) in [5.74, 6) is -0.689. The molecule has 1 atom stereocenters. The highest BCUT2D eigenvalue weighted by molar-refractivity contribution is 5.85. The molecule has 1 aromatic rings. The Morgan fingerprint density at radius 3 is 2.33 bits per heavy atom. The summed E-state index contributed by atoms with van der Waals surface area (Å²) in [6.07, 6.45) is 14.5. The van der Waals surface area contributed by atoms with Crippen molar-refractivity contribution in [1.29, 1.82) is 0 Å². The van der Waals surface area contributed by atoms with E-state index >= 15 is 0 Å². The van der Waals surface area contributed by atoms with Crippen LogP contribution < -0.4 is 0 Å². The molecule has 0 fully saturated rings. The first-order valence-electron chi connectivity index (χ1n) is 8.86. The lowest BCUT2D eigenvalue weighted by Crippen LogP contribution is -2.29. The lowest BCUT2D eigenvalue weighted by atomic mass is 9.75. The Morgan fingerprint density at radius 1 is 1.08 bits per heavy atom. The van der Waals surface area contributed by atoms with Crippen molar-refractivity contribution in [3.05, 3.63) is 54.1 Å². The van der Waals surface area contributed by atoms with Crippen molar-refractivity contribution >= 4 is 23.9 Å². The monoisotopic (exact) mass is 348 g/mol. The molecular formula is C21H29ClO2. The fourth-order valence-electron chi connectivity index (χ4n) is 3.19. The van der Waals surface area contributed by atoms with Gasteiger partial charge < -0.3 is 5.11 Å². The van der Waals surface area contributed by atoms with Gasteiger partial charge in [0.2, 0.25) is 0 Å². The molecule has 1 aliphatic rings. The van der Waals surface area contributed by atoms with Crippen molar-refractivity contribution in [2.75, 3.05) is 0 Å². The summed E-state index contributed by atoms with van der Waals surface area (Å²) in [6.45, 7) is 2.21. The van der Waals surface area contributed by atoms with Gasteiger partial charge in [0, 0.05) is 0 Å². The highest BCUT2D eigenvalue weighted by Gasteiger charge is 2.35. The van der Waals surface area contributed by atoms with Crippen LogP contribution in [0.4, 0.5) is 0 Å². The molecule has 1 unspecified atom stereocenters. The second-order valence-electron chi connectivity index (χ2n) is 6.54. The number of rotatable bonds is 9. The molecule has 0 bridgehead atoms. The van der Waals surface area contributed by atoms with E-state index in [0.717, 1.165) is 30.4 Å². The fourth-order valence-corrected chi connectivity index (χ4v) is 3.19. The molecular weight excluding hydrogens is 320 g/mol. The first-order chi connectivity index (χ1) is 11.2. The first-order valence-corrected chi connectivity index (χ1v) is 8.86. The average Bonchev–Trinajstić information content (AvgIpc) is 2.59. The van der Waals surface area contributed by atoms with Gasteiger partial charge in [-0.25, -0.2) is 0 Å². The van der Waals surface area contributed by atoms with Crippen molar-refractivity contribution in [2.45, 2.75) is 58.3 Å². The van der Waals surface area contributed by atoms with Crippen LogP contribution in [-0.2, 0) is 4.79 Å². The number of hydrogen-bond donors (Lipinski definition) is 1. The summed E-state index contributed by atoms with van der Waals surface area (Å²) < 4.78 is 0. The van der Waals surface area contributed by atoms with E-state index in [1.54, 1.807) is 0 Å². The Bertz CT molecular complexity index is 562. The molecule has 2 rings (SSSR count). The number of hydrogen-bond acceptors (Lipinski definition) is 1. The number of allylic oxidation sites excluding steroid dienone is 3. The standard InChI is InChI=1S/C21H28O2.ClH/c1-2-3-4-5-6-10-15-21(20(22)23)16-13-19(14-17-21)18-11-8-7-9-12-18;/h7-9,11-14,16H,2-6,10,15,17H2,1H3,(H,22,23);1H. The smallest absolute Gasteiger partial charge is 0.313 e. The van der Waals surface area contributed by atoms with Gasteiger partial charge >= 0.3 is 5.97 Å². The summed E-state index contributed by atoms with van der Waals surface area (Å²) in [7, 11) is 0. The lowest BCUT2D eigenvalue weighted by molar-refractivity contribution is -0.146. The van der Waals surface area contributed by atoms with Crippen LogP contribution in [0.1, 0.15) is 63.9 Å². The van der Waals surface area contributed by atoms with E-state index in [-0.39, 0.29) is 12.4 Å². The van der Waals surface area contributed by atoms with E-state index in [4.69, 9.17) is 0 Å². The molecule has 2 nitrogen and oxygen atoms in total. The van der Waals surface area contributed by atoms with Gasteiger partial charge in [0.25, 0.3) is 0 Å². The predicted octanol–water partition coefficient (Wildman–Crippen LogP) is 6.27. The van der Waals surface area contributed by atoms with Crippen molar-refractivity contribution in [1.82, 2.24) is 0 Å². The molecule has 0 radical (unpaired) electrons. The summed E-state index contributed by atoms with van der Waals surface area (Å²) >= 11 is 0. The Balaban J connectivity index is 0.00000288. The fraction of sp³-hybridized carbons (Fsp3) is 0.476. The largest absolute Gasteiger partial charge is 0.481 e. The maximum Gasteiger partial charge on any atom is 0.313 e. The molecule has 0 heterocycles. The highest BCUT2D eigenvalue weighted by atomic mass is 35.5. The number of halogens is 1. The third kappa shape index (κ3) is 5.52. The average molecular weight is 349 g/mol. The Hall–Kier alpha value is -1.54. The molecule has 0 saturated heterocycles. The second kappa shape index (κ2) is 10.4. The molecule has 0 amide bonds. The first kappa shape index (κ1) is 20.5. The van der Waals surface area contributed by atoms with E-state index in [1.807, 2.05) is 30.4 Å². The number of benzene rings is 1. The van der Waals surface area contributed by atoms with Crippen LogP contribution in [0.15, 0.2) is 48.6 Å². The molecule has 0 aliphatic heterocycles. The van der Waals surface area contributed by atoms with Gasteiger partial charge in [-0.15, -0.1) is 12.4 Å². The normalized spacial score (nSPS) is 19.5. The number of unbranched alkanes of at least 4 members (excludes halogenated alkanes) is 5. The quantitative estimate of drug-likeness (QED) is 0.533. The Kier molecular flexibility index (Phi) is 8.84. The number of aliphatic carboxylic acids is 1. The highest BCUT2D eigenvalue weighted by Crippen LogP contribution is 2.38. The molecule has 0 aromatic heterocycles. The molecule has 3 heteroatoms. The molecule has 0 saturated carbocycles. The van der Waals surface area contributed by atoms with Gasteiger partial charge in [0.1, 0.15) is 0 Å². The predicted molar refractivity (Wildman–Crippen MR) is 103 cm³/mol. The third-order valence-electron chi connectivity index (χ3n) is 4.78. The van der Waals surface area contributed by atoms with E-state index < -0.39 is 11.4 Å². The van der Waals surface area contributed by atoms with Crippen molar-refractivity contribution in [2.24, 2.45) is 5.41 Å². The molecule has 24 heavy (non-hydrogen) atoms. The zero-order valence-corrected chi connectivity index (χ0v) is 15.4. The summed E-state index contributed by atoms with van der Waals surface area (Å²) in [5, 5.41) is 9.71. The second-order valence-corrected chi connectivity index (χ2v) is 6.54. The molecule has 1 N–H and O–H groups in total. The molecule has 1 aliphatic carbocycles.